The first-order chi connectivity index (χ1) is 8.71. The van der Waals surface area contributed by atoms with Crippen LogP contribution in [0.3, 0.4) is 0 Å². The Kier molecular flexibility index (Phi) is 4.73. The van der Waals surface area contributed by atoms with E-state index < -0.39 is 34.1 Å². The summed E-state index contributed by atoms with van der Waals surface area (Å²) >= 11 is 5.63. The first kappa shape index (κ1) is 15.3. The molecule has 3 N–H and O–H groups in total. The zero-order valence-corrected chi connectivity index (χ0v) is 11.0. The smallest absolute Gasteiger partial charge is 0.337 e. The van der Waals surface area contributed by atoms with Crippen molar-refractivity contribution in [3.63, 3.8) is 0 Å². The van der Waals surface area contributed by atoms with Gasteiger partial charge in [0.15, 0.2) is 0 Å². The molecule has 0 saturated carbocycles. The largest absolute Gasteiger partial charge is 0.481 e. The van der Waals surface area contributed by atoms with Crippen molar-refractivity contribution in [3.05, 3.63) is 28.8 Å². The Morgan fingerprint density at radius 2 is 1.89 bits per heavy atom. The Morgan fingerprint density at radius 1 is 1.26 bits per heavy atom. The minimum Gasteiger partial charge on any atom is -0.481 e. The summed E-state index contributed by atoms with van der Waals surface area (Å²) in [6.45, 7) is 0. The van der Waals surface area contributed by atoms with Gasteiger partial charge in [-0.3, -0.25) is 9.52 Å². The van der Waals surface area contributed by atoms with Gasteiger partial charge in [0, 0.05) is 5.69 Å². The van der Waals surface area contributed by atoms with E-state index in [4.69, 9.17) is 21.8 Å². The molecule has 0 atom stereocenters. The first-order valence-corrected chi connectivity index (χ1v) is 6.99. The molecule has 7 nitrogen and oxygen atoms in total. The second kappa shape index (κ2) is 5.89. The van der Waals surface area contributed by atoms with Crippen molar-refractivity contribution in [2.45, 2.75) is 6.42 Å². The fourth-order valence-corrected chi connectivity index (χ4v) is 2.43. The number of carboxylic acids is 2. The van der Waals surface area contributed by atoms with E-state index in [9.17, 15) is 18.0 Å². The van der Waals surface area contributed by atoms with Gasteiger partial charge in [-0.1, -0.05) is 11.6 Å². The number of aromatic carboxylic acids is 1. The SMILES string of the molecule is O=C(O)CCS(=O)(=O)Nc1ccc(Cl)c(C(=O)O)c1. The van der Waals surface area contributed by atoms with Gasteiger partial charge in [-0.05, 0) is 18.2 Å². The van der Waals surface area contributed by atoms with E-state index in [0.717, 1.165) is 6.07 Å². The highest BCUT2D eigenvalue weighted by atomic mass is 35.5. The van der Waals surface area contributed by atoms with Crippen LogP contribution in [-0.2, 0) is 14.8 Å². The zero-order chi connectivity index (χ0) is 14.6. The Labute approximate surface area is 113 Å². The van der Waals surface area contributed by atoms with Crippen LogP contribution in [0.2, 0.25) is 5.02 Å². The van der Waals surface area contributed by atoms with Gasteiger partial charge in [0.05, 0.1) is 22.8 Å². The molecule has 0 radical (unpaired) electrons. The number of hydrogen-bond acceptors (Lipinski definition) is 4. The maximum Gasteiger partial charge on any atom is 0.337 e. The first-order valence-electron chi connectivity index (χ1n) is 4.96. The monoisotopic (exact) mass is 307 g/mol. The van der Waals surface area contributed by atoms with Gasteiger partial charge in [-0.15, -0.1) is 0 Å². The summed E-state index contributed by atoms with van der Waals surface area (Å²) in [5.41, 5.74) is -0.243. The average Bonchev–Trinajstić information content (AvgIpc) is 2.28. The van der Waals surface area contributed by atoms with E-state index in [2.05, 4.69) is 4.72 Å². The molecule has 0 aliphatic rings. The van der Waals surface area contributed by atoms with Crippen molar-refractivity contribution >= 4 is 39.3 Å². The number of sulfonamides is 1. The van der Waals surface area contributed by atoms with Gasteiger partial charge in [-0.2, -0.15) is 0 Å². The van der Waals surface area contributed by atoms with E-state index in [-0.39, 0.29) is 16.3 Å². The van der Waals surface area contributed by atoms with Crippen molar-refractivity contribution in [1.82, 2.24) is 0 Å². The number of anilines is 1. The van der Waals surface area contributed by atoms with Crippen LogP contribution >= 0.6 is 11.6 Å². The third kappa shape index (κ3) is 4.76. The maximum absolute atomic E-state index is 11.5. The molecule has 0 unspecified atom stereocenters. The molecule has 1 rings (SSSR count). The second-order valence-corrected chi connectivity index (χ2v) is 5.81. The van der Waals surface area contributed by atoms with E-state index >= 15 is 0 Å². The summed E-state index contributed by atoms with van der Waals surface area (Å²) in [6.07, 6.45) is -0.547. The number of carbonyl (C=O) groups is 2. The van der Waals surface area contributed by atoms with Gasteiger partial charge >= 0.3 is 11.9 Å². The lowest BCUT2D eigenvalue weighted by Crippen LogP contribution is -2.19. The van der Waals surface area contributed by atoms with Gasteiger partial charge in [0.2, 0.25) is 10.0 Å². The van der Waals surface area contributed by atoms with Crippen LogP contribution in [0.15, 0.2) is 18.2 Å². The van der Waals surface area contributed by atoms with Crippen LogP contribution in [0.25, 0.3) is 0 Å². The minimum atomic E-state index is -3.85. The van der Waals surface area contributed by atoms with Crippen LogP contribution in [0.1, 0.15) is 16.8 Å². The standard InChI is InChI=1S/C10H10ClNO6S/c11-8-2-1-6(5-7(8)10(15)16)12-19(17,18)4-3-9(13)14/h1-2,5,12H,3-4H2,(H,13,14)(H,15,16). The molecule has 1 aromatic carbocycles. The number of nitrogens with one attached hydrogen (secondary N) is 1. The lowest BCUT2D eigenvalue weighted by Gasteiger charge is -2.08. The second-order valence-electron chi connectivity index (χ2n) is 3.56. The quantitative estimate of drug-likeness (QED) is 0.727. The molecule has 104 valence electrons. The number of rotatable bonds is 6. The highest BCUT2D eigenvalue weighted by Crippen LogP contribution is 2.21. The highest BCUT2D eigenvalue weighted by molar-refractivity contribution is 7.92. The molecular weight excluding hydrogens is 298 g/mol. The fraction of sp³-hybridized carbons (Fsp3) is 0.200. The Balaban J connectivity index is 2.91. The zero-order valence-electron chi connectivity index (χ0n) is 9.46. The number of benzene rings is 1. The number of aliphatic carboxylic acids is 1. The van der Waals surface area contributed by atoms with E-state index in [0.29, 0.717) is 0 Å². The Morgan fingerprint density at radius 3 is 2.42 bits per heavy atom. The van der Waals surface area contributed by atoms with Crippen LogP contribution in [-0.4, -0.2) is 36.3 Å². The van der Waals surface area contributed by atoms with Crippen molar-refractivity contribution in [2.24, 2.45) is 0 Å². The van der Waals surface area contributed by atoms with Gasteiger partial charge in [0.25, 0.3) is 0 Å². The van der Waals surface area contributed by atoms with Crippen molar-refractivity contribution in [3.8, 4) is 0 Å². The molecule has 0 aliphatic heterocycles. The molecule has 0 spiro atoms. The molecular formula is C10H10ClNO6S. The molecule has 0 bridgehead atoms. The fourth-order valence-electron chi connectivity index (χ4n) is 1.20. The third-order valence-electron chi connectivity index (χ3n) is 2.05. The summed E-state index contributed by atoms with van der Waals surface area (Å²) in [5.74, 6) is -3.14. The predicted molar refractivity (Wildman–Crippen MR) is 68.1 cm³/mol. The number of hydrogen-bond donors (Lipinski definition) is 3. The maximum atomic E-state index is 11.5. The van der Waals surface area contributed by atoms with Crippen LogP contribution in [0.5, 0.6) is 0 Å². The number of halogens is 1. The summed E-state index contributed by atoms with van der Waals surface area (Å²) in [6, 6.07) is 3.58. The molecule has 0 heterocycles. The molecule has 0 aliphatic carbocycles. The van der Waals surface area contributed by atoms with E-state index in [1.54, 1.807) is 0 Å². The van der Waals surface area contributed by atoms with Crippen molar-refractivity contribution in [2.75, 3.05) is 10.5 Å². The molecule has 19 heavy (non-hydrogen) atoms. The van der Waals surface area contributed by atoms with Crippen LogP contribution in [0.4, 0.5) is 5.69 Å². The summed E-state index contributed by atoms with van der Waals surface area (Å²) in [5, 5.41) is 17.2. The Bertz CT molecular complexity index is 612. The summed E-state index contributed by atoms with van der Waals surface area (Å²) in [4.78, 5) is 21.1. The lowest BCUT2D eigenvalue weighted by atomic mass is 10.2. The van der Waals surface area contributed by atoms with Gasteiger partial charge < -0.3 is 10.2 Å². The topological polar surface area (TPSA) is 121 Å². The van der Waals surface area contributed by atoms with Gasteiger partial charge in [0.1, 0.15) is 0 Å². The van der Waals surface area contributed by atoms with E-state index in [1.807, 2.05) is 0 Å². The van der Waals surface area contributed by atoms with Gasteiger partial charge in [-0.25, -0.2) is 13.2 Å². The molecule has 1 aromatic rings. The molecule has 0 fully saturated rings. The molecule has 0 amide bonds. The summed E-state index contributed by atoms with van der Waals surface area (Å²) in [7, 11) is -3.85. The van der Waals surface area contributed by atoms with Crippen molar-refractivity contribution < 1.29 is 28.2 Å². The highest BCUT2D eigenvalue weighted by Gasteiger charge is 2.15. The van der Waals surface area contributed by atoms with E-state index in [1.165, 1.54) is 12.1 Å². The lowest BCUT2D eigenvalue weighted by molar-refractivity contribution is -0.136. The van der Waals surface area contributed by atoms with Crippen LogP contribution < -0.4 is 4.72 Å². The van der Waals surface area contributed by atoms with Crippen molar-refractivity contribution in [1.29, 1.82) is 0 Å². The molecule has 0 saturated heterocycles. The normalized spacial score (nSPS) is 11.0. The van der Waals surface area contributed by atoms with Crippen LogP contribution in [0, 0.1) is 0 Å². The predicted octanol–water partition coefficient (Wildman–Crippen LogP) is 1.25. The molecule has 9 heteroatoms. The Hall–Kier alpha value is -1.80. The number of carboxylic acid groups (broad SMARTS) is 2. The average molecular weight is 308 g/mol. The summed E-state index contributed by atoms with van der Waals surface area (Å²) < 4.78 is 25.1. The minimum absolute atomic E-state index is 0.00666. The third-order valence-corrected chi connectivity index (χ3v) is 3.67. The molecule has 0 aromatic heterocycles.